The number of pyridine rings is 1. The first-order valence-electron chi connectivity index (χ1n) is 7.21. The van der Waals surface area contributed by atoms with Gasteiger partial charge in [-0.2, -0.15) is 0 Å². The van der Waals surface area contributed by atoms with E-state index in [-0.39, 0.29) is 11.7 Å². The molecule has 3 unspecified atom stereocenters. The van der Waals surface area contributed by atoms with E-state index in [1.165, 1.54) is 0 Å². The van der Waals surface area contributed by atoms with Gasteiger partial charge in [0.05, 0.1) is 26.1 Å². The van der Waals surface area contributed by atoms with Crippen molar-refractivity contribution >= 4 is 11.8 Å². The molecule has 3 rings (SSSR count). The van der Waals surface area contributed by atoms with E-state index < -0.39 is 4.75 Å². The van der Waals surface area contributed by atoms with Gasteiger partial charge in [0.2, 0.25) is 0 Å². The van der Waals surface area contributed by atoms with E-state index >= 15 is 0 Å². The number of methoxy groups -OCH3 is 2. The zero-order valence-electron chi connectivity index (χ0n) is 13.0. The molecule has 6 nitrogen and oxygen atoms in total. The summed E-state index contributed by atoms with van der Waals surface area (Å²) in [5.41, 5.74) is 14.0. The molecular weight excluding hydrogens is 312 g/mol. The first kappa shape index (κ1) is 16.1. The number of hydrogen-bond donors (Lipinski definition) is 3. The molecule has 2 heterocycles. The summed E-state index contributed by atoms with van der Waals surface area (Å²) in [4.78, 5) is 4.52. The third-order valence-corrected chi connectivity index (χ3v) is 5.41. The van der Waals surface area contributed by atoms with Crippen LogP contribution in [0.15, 0.2) is 42.6 Å². The van der Waals surface area contributed by atoms with Gasteiger partial charge in [-0.05, 0) is 29.8 Å². The summed E-state index contributed by atoms with van der Waals surface area (Å²) in [5.74, 6) is 1.31. The van der Waals surface area contributed by atoms with Crippen LogP contribution in [0.5, 0.6) is 11.5 Å². The molecule has 1 aliphatic rings. The SMILES string of the molecule is COc1ccc(C2(c3ccccn3)SC(N)NC2N)cc1OC. The van der Waals surface area contributed by atoms with Crippen LogP contribution in [0.2, 0.25) is 0 Å². The molecule has 0 aliphatic carbocycles. The summed E-state index contributed by atoms with van der Waals surface area (Å²) in [5, 5.41) is 3.18. The quantitative estimate of drug-likeness (QED) is 0.774. The first-order valence-corrected chi connectivity index (χ1v) is 8.09. The Morgan fingerprint density at radius 3 is 2.48 bits per heavy atom. The Hall–Kier alpha value is -1.80. The maximum Gasteiger partial charge on any atom is 0.161 e. The summed E-state index contributed by atoms with van der Waals surface area (Å²) < 4.78 is 10.2. The Morgan fingerprint density at radius 2 is 1.91 bits per heavy atom. The van der Waals surface area contributed by atoms with Gasteiger partial charge >= 0.3 is 0 Å². The molecule has 23 heavy (non-hydrogen) atoms. The molecule has 1 aromatic heterocycles. The number of benzene rings is 1. The second-order valence-corrected chi connectivity index (χ2v) is 6.59. The number of ether oxygens (including phenoxy) is 2. The third kappa shape index (κ3) is 2.66. The number of thioether (sulfide) groups is 1. The predicted molar refractivity (Wildman–Crippen MR) is 91.2 cm³/mol. The van der Waals surface area contributed by atoms with Crippen molar-refractivity contribution in [2.45, 2.75) is 16.4 Å². The maximum atomic E-state index is 6.41. The van der Waals surface area contributed by atoms with Crippen LogP contribution in [0.1, 0.15) is 11.3 Å². The van der Waals surface area contributed by atoms with Crippen molar-refractivity contribution in [3.63, 3.8) is 0 Å². The van der Waals surface area contributed by atoms with Gasteiger partial charge in [-0.15, -0.1) is 11.8 Å². The van der Waals surface area contributed by atoms with Crippen LogP contribution >= 0.6 is 11.8 Å². The average molecular weight is 332 g/mol. The fraction of sp³-hybridized carbons (Fsp3) is 0.312. The zero-order chi connectivity index (χ0) is 16.4. The number of rotatable bonds is 4. The number of nitrogens with one attached hydrogen (secondary N) is 1. The topological polar surface area (TPSA) is 95.4 Å². The Morgan fingerprint density at radius 1 is 1.13 bits per heavy atom. The van der Waals surface area contributed by atoms with Gasteiger partial charge < -0.3 is 20.9 Å². The van der Waals surface area contributed by atoms with Crippen LogP contribution in [0.4, 0.5) is 0 Å². The smallest absolute Gasteiger partial charge is 0.161 e. The van der Waals surface area contributed by atoms with Gasteiger partial charge in [-0.1, -0.05) is 12.1 Å². The molecular formula is C16H20N4O2S. The van der Waals surface area contributed by atoms with Gasteiger partial charge in [0.25, 0.3) is 0 Å². The molecule has 122 valence electrons. The van der Waals surface area contributed by atoms with Gasteiger partial charge in [0.15, 0.2) is 11.5 Å². The third-order valence-electron chi connectivity index (χ3n) is 3.95. The normalized spacial score (nSPS) is 27.0. The molecule has 0 amide bonds. The van der Waals surface area contributed by atoms with Crippen molar-refractivity contribution in [3.05, 3.63) is 53.9 Å². The number of hydrogen-bond acceptors (Lipinski definition) is 7. The zero-order valence-corrected chi connectivity index (χ0v) is 13.8. The summed E-state index contributed by atoms with van der Waals surface area (Å²) in [6, 6.07) is 11.6. The minimum absolute atomic E-state index is 0.278. The van der Waals surface area contributed by atoms with Crippen molar-refractivity contribution in [2.24, 2.45) is 11.5 Å². The lowest BCUT2D eigenvalue weighted by Crippen LogP contribution is -2.49. The van der Waals surface area contributed by atoms with Crippen LogP contribution < -0.4 is 26.3 Å². The highest BCUT2D eigenvalue weighted by atomic mass is 32.2. The van der Waals surface area contributed by atoms with Crippen LogP contribution in [0, 0.1) is 0 Å². The monoisotopic (exact) mass is 332 g/mol. The molecule has 7 heteroatoms. The number of aromatic nitrogens is 1. The lowest BCUT2D eigenvalue weighted by molar-refractivity contribution is 0.353. The van der Waals surface area contributed by atoms with Crippen molar-refractivity contribution in [1.29, 1.82) is 0 Å². The lowest BCUT2D eigenvalue weighted by atomic mass is 9.90. The van der Waals surface area contributed by atoms with Crippen LogP contribution in [-0.2, 0) is 4.75 Å². The molecule has 0 saturated carbocycles. The number of nitrogens with two attached hydrogens (primary N) is 2. The van der Waals surface area contributed by atoms with E-state index in [1.54, 1.807) is 32.2 Å². The Kier molecular flexibility index (Phi) is 4.45. The molecule has 2 aromatic rings. The highest BCUT2D eigenvalue weighted by Gasteiger charge is 2.49. The molecule has 5 N–H and O–H groups in total. The van der Waals surface area contributed by atoms with E-state index in [9.17, 15) is 0 Å². The van der Waals surface area contributed by atoms with E-state index in [0.717, 1.165) is 11.3 Å². The fourth-order valence-electron chi connectivity index (χ4n) is 2.87. The maximum absolute atomic E-state index is 6.41. The summed E-state index contributed by atoms with van der Waals surface area (Å²) in [6.45, 7) is 0. The molecule has 0 spiro atoms. The van der Waals surface area contributed by atoms with Gasteiger partial charge in [-0.25, -0.2) is 0 Å². The van der Waals surface area contributed by atoms with Gasteiger partial charge in [0.1, 0.15) is 10.2 Å². The molecule has 0 bridgehead atoms. The molecule has 1 aliphatic heterocycles. The molecule has 1 saturated heterocycles. The van der Waals surface area contributed by atoms with Gasteiger partial charge in [0, 0.05) is 6.20 Å². The van der Waals surface area contributed by atoms with E-state index in [4.69, 9.17) is 20.9 Å². The highest BCUT2D eigenvalue weighted by molar-refractivity contribution is 8.01. The van der Waals surface area contributed by atoms with Crippen LogP contribution in [0.3, 0.4) is 0 Å². The summed E-state index contributed by atoms with van der Waals surface area (Å²) in [7, 11) is 3.22. The fourth-order valence-corrected chi connectivity index (χ4v) is 4.20. The van der Waals surface area contributed by atoms with Crippen LogP contribution in [-0.4, -0.2) is 30.9 Å². The van der Waals surface area contributed by atoms with Gasteiger partial charge in [-0.3, -0.25) is 10.3 Å². The molecule has 0 radical (unpaired) electrons. The Labute approximate surface area is 139 Å². The second kappa shape index (κ2) is 6.37. The largest absolute Gasteiger partial charge is 0.493 e. The molecule has 1 fully saturated rings. The molecule has 1 aromatic carbocycles. The molecule has 3 atom stereocenters. The summed E-state index contributed by atoms with van der Waals surface area (Å²) in [6.07, 6.45) is 1.38. The number of nitrogens with zero attached hydrogens (tertiary/aromatic N) is 1. The lowest BCUT2D eigenvalue weighted by Gasteiger charge is -2.32. The standard InChI is InChI=1S/C16H20N4O2S/c1-21-11-7-6-10(9-12(11)22-2)16(13-5-3-4-8-19-13)14(17)20-15(18)23-16/h3-9,14-15,20H,17-18H2,1-2H3. The van der Waals surface area contributed by atoms with Crippen molar-refractivity contribution in [3.8, 4) is 11.5 Å². The van der Waals surface area contributed by atoms with E-state index in [1.807, 2.05) is 36.4 Å². The predicted octanol–water partition coefficient (Wildman–Crippen LogP) is 1.21. The minimum Gasteiger partial charge on any atom is -0.493 e. The first-order chi connectivity index (χ1) is 11.1. The Bertz CT molecular complexity index is 685. The average Bonchev–Trinajstić information content (AvgIpc) is 2.90. The van der Waals surface area contributed by atoms with Crippen molar-refractivity contribution in [2.75, 3.05) is 14.2 Å². The highest BCUT2D eigenvalue weighted by Crippen LogP contribution is 2.49. The van der Waals surface area contributed by atoms with E-state index in [0.29, 0.717) is 11.5 Å². The van der Waals surface area contributed by atoms with E-state index in [2.05, 4.69) is 10.3 Å². The second-order valence-electron chi connectivity index (χ2n) is 5.20. The summed E-state index contributed by atoms with van der Waals surface area (Å²) >= 11 is 1.54. The van der Waals surface area contributed by atoms with Crippen molar-refractivity contribution in [1.82, 2.24) is 10.3 Å². The van der Waals surface area contributed by atoms with Crippen LogP contribution in [0.25, 0.3) is 0 Å². The van der Waals surface area contributed by atoms with Crippen molar-refractivity contribution < 1.29 is 9.47 Å². The Balaban J connectivity index is 2.17. The minimum atomic E-state index is -0.597.